The largest absolute Gasteiger partial charge is 0.496 e. The summed E-state index contributed by atoms with van der Waals surface area (Å²) in [4.78, 5) is 19.5. The molecule has 2 aromatic rings. The molecule has 0 spiro atoms. The molecule has 1 atom stereocenters. The Morgan fingerprint density at radius 1 is 1.24 bits per heavy atom. The molecule has 1 aromatic carbocycles. The number of carbonyl (C=O) groups excluding carboxylic acids is 1. The van der Waals surface area contributed by atoms with Crippen LogP contribution in [0.25, 0.3) is 0 Å². The third-order valence-corrected chi connectivity index (χ3v) is 6.30. The van der Waals surface area contributed by atoms with Crippen molar-refractivity contribution < 1.29 is 9.53 Å². The van der Waals surface area contributed by atoms with Crippen molar-refractivity contribution in [1.82, 2.24) is 19.8 Å². The zero-order valence-electron chi connectivity index (χ0n) is 17.8. The number of benzene rings is 1. The van der Waals surface area contributed by atoms with Gasteiger partial charge in [-0.2, -0.15) is 0 Å². The van der Waals surface area contributed by atoms with E-state index in [-0.39, 0.29) is 5.91 Å². The van der Waals surface area contributed by atoms with Crippen LogP contribution in [0.3, 0.4) is 0 Å². The second-order valence-electron chi connectivity index (χ2n) is 8.42. The lowest BCUT2D eigenvalue weighted by molar-refractivity contribution is 0.0945. The number of hydrogen-bond donors (Lipinski definition) is 1. The van der Waals surface area contributed by atoms with Gasteiger partial charge < -0.3 is 19.5 Å². The zero-order chi connectivity index (χ0) is 20.4. The maximum atomic E-state index is 12.5. The van der Waals surface area contributed by atoms with Gasteiger partial charge in [-0.15, -0.1) is 0 Å². The van der Waals surface area contributed by atoms with Gasteiger partial charge >= 0.3 is 0 Å². The van der Waals surface area contributed by atoms with Gasteiger partial charge in [-0.1, -0.05) is 12.1 Å². The monoisotopic (exact) mass is 396 g/mol. The summed E-state index contributed by atoms with van der Waals surface area (Å²) in [7, 11) is 1.73. The van der Waals surface area contributed by atoms with Crippen LogP contribution in [0.1, 0.15) is 58.2 Å². The first-order valence-corrected chi connectivity index (χ1v) is 10.8. The molecule has 3 heterocycles. The van der Waals surface area contributed by atoms with E-state index in [0.29, 0.717) is 18.2 Å². The maximum Gasteiger partial charge on any atom is 0.271 e. The van der Waals surface area contributed by atoms with Crippen LogP contribution in [-0.4, -0.2) is 53.6 Å². The fourth-order valence-electron chi connectivity index (χ4n) is 4.79. The number of likely N-dealkylation sites (tertiary alicyclic amines) is 1. The van der Waals surface area contributed by atoms with Gasteiger partial charge in [0.15, 0.2) is 0 Å². The molecule has 1 saturated heterocycles. The Bertz CT molecular complexity index is 860. The van der Waals surface area contributed by atoms with Crippen molar-refractivity contribution in [3.05, 3.63) is 46.5 Å². The summed E-state index contributed by atoms with van der Waals surface area (Å²) in [6, 6.07) is 4.48. The van der Waals surface area contributed by atoms with Crippen LogP contribution in [-0.2, 0) is 13.0 Å². The van der Waals surface area contributed by atoms with Crippen molar-refractivity contribution in [1.29, 1.82) is 0 Å². The Labute approximate surface area is 173 Å². The summed E-state index contributed by atoms with van der Waals surface area (Å²) >= 11 is 0. The van der Waals surface area contributed by atoms with Crippen LogP contribution in [0.2, 0.25) is 0 Å². The van der Waals surface area contributed by atoms with Crippen molar-refractivity contribution in [2.75, 3.05) is 33.3 Å². The highest BCUT2D eigenvalue weighted by Crippen LogP contribution is 2.33. The predicted octanol–water partition coefficient (Wildman–Crippen LogP) is 3.06. The number of aryl methyl sites for hydroxylation is 3. The quantitative estimate of drug-likeness (QED) is 0.815. The lowest BCUT2D eigenvalue weighted by atomic mass is 9.89. The van der Waals surface area contributed by atoms with E-state index in [2.05, 4.69) is 45.7 Å². The molecule has 1 unspecified atom stereocenters. The highest BCUT2D eigenvalue weighted by atomic mass is 16.5. The molecule has 156 valence electrons. The highest BCUT2D eigenvalue weighted by molar-refractivity contribution is 5.92. The molecule has 0 aliphatic carbocycles. The van der Waals surface area contributed by atoms with Crippen LogP contribution in [0, 0.1) is 13.8 Å². The molecule has 1 N–H and O–H groups in total. The van der Waals surface area contributed by atoms with E-state index in [1.165, 1.54) is 29.5 Å². The molecule has 4 rings (SSSR count). The average Bonchev–Trinajstić information content (AvgIpc) is 3.36. The van der Waals surface area contributed by atoms with Crippen LogP contribution >= 0.6 is 0 Å². The number of amides is 1. The number of imidazole rings is 1. The van der Waals surface area contributed by atoms with Crippen LogP contribution in [0.5, 0.6) is 5.75 Å². The van der Waals surface area contributed by atoms with Gasteiger partial charge in [0, 0.05) is 38.2 Å². The predicted molar refractivity (Wildman–Crippen MR) is 114 cm³/mol. The molecule has 2 aliphatic rings. The smallest absolute Gasteiger partial charge is 0.271 e. The lowest BCUT2D eigenvalue weighted by Crippen LogP contribution is -2.33. The molecule has 0 saturated carbocycles. The Kier molecular flexibility index (Phi) is 5.90. The molecule has 6 nitrogen and oxygen atoms in total. The van der Waals surface area contributed by atoms with E-state index in [0.717, 1.165) is 50.6 Å². The molecule has 0 radical (unpaired) electrons. The number of nitrogens with zero attached hydrogens (tertiary/aromatic N) is 3. The van der Waals surface area contributed by atoms with E-state index in [9.17, 15) is 4.79 Å². The van der Waals surface area contributed by atoms with E-state index in [1.807, 2.05) is 6.20 Å². The number of fused-ring (bicyclic) bond motifs is 1. The summed E-state index contributed by atoms with van der Waals surface area (Å²) in [5.74, 6) is 2.37. The lowest BCUT2D eigenvalue weighted by Gasteiger charge is -2.25. The Morgan fingerprint density at radius 3 is 2.66 bits per heavy atom. The van der Waals surface area contributed by atoms with Gasteiger partial charge in [-0.05, 0) is 62.9 Å². The molecule has 2 aliphatic heterocycles. The number of nitrogens with one attached hydrogen (secondary N) is 1. The topological polar surface area (TPSA) is 59.4 Å². The number of ether oxygens (including phenoxy) is 1. The summed E-state index contributed by atoms with van der Waals surface area (Å²) in [6.45, 7) is 9.00. The molecular formula is C23H32N4O2. The van der Waals surface area contributed by atoms with E-state index >= 15 is 0 Å². The summed E-state index contributed by atoms with van der Waals surface area (Å²) in [6.07, 6.45) is 6.43. The first kappa shape index (κ1) is 20.0. The minimum absolute atomic E-state index is 0.0567. The van der Waals surface area contributed by atoms with Crippen molar-refractivity contribution in [3.63, 3.8) is 0 Å². The van der Waals surface area contributed by atoms with Gasteiger partial charge in [0.25, 0.3) is 5.91 Å². The van der Waals surface area contributed by atoms with Crippen LogP contribution in [0.15, 0.2) is 18.3 Å². The van der Waals surface area contributed by atoms with Gasteiger partial charge in [0.2, 0.25) is 0 Å². The van der Waals surface area contributed by atoms with Gasteiger partial charge in [-0.25, -0.2) is 4.98 Å². The number of methoxy groups -OCH3 is 1. The molecular weight excluding hydrogens is 364 g/mol. The Hall–Kier alpha value is -2.34. The average molecular weight is 397 g/mol. The number of rotatable bonds is 6. The summed E-state index contributed by atoms with van der Waals surface area (Å²) in [5.41, 5.74) is 4.25. The second-order valence-corrected chi connectivity index (χ2v) is 8.42. The Morgan fingerprint density at radius 2 is 1.97 bits per heavy atom. The summed E-state index contributed by atoms with van der Waals surface area (Å²) < 4.78 is 7.67. The molecule has 29 heavy (non-hydrogen) atoms. The number of hydrogen-bond acceptors (Lipinski definition) is 4. The van der Waals surface area contributed by atoms with Crippen molar-refractivity contribution in [2.45, 2.75) is 52.0 Å². The molecule has 1 aromatic heterocycles. The first-order chi connectivity index (χ1) is 14.0. The van der Waals surface area contributed by atoms with Crippen molar-refractivity contribution >= 4 is 5.91 Å². The minimum Gasteiger partial charge on any atom is -0.496 e. The zero-order valence-corrected chi connectivity index (χ0v) is 17.8. The molecule has 1 amide bonds. The third-order valence-electron chi connectivity index (χ3n) is 6.30. The van der Waals surface area contributed by atoms with Crippen molar-refractivity contribution in [2.24, 2.45) is 0 Å². The number of carbonyl (C=O) groups is 1. The molecule has 6 heteroatoms. The van der Waals surface area contributed by atoms with Crippen LogP contribution in [0.4, 0.5) is 0 Å². The summed E-state index contributed by atoms with van der Waals surface area (Å²) in [5, 5.41) is 3.04. The normalized spacial score (nSPS) is 19.2. The standard InChI is InChI=1S/C23H32N4O2/c1-16-12-19(13-17(2)22(16)29-3)18-6-7-21-25-20(15-27(21)14-18)23(28)24-8-11-26-9-4-5-10-26/h12-13,15,18H,4-11,14H2,1-3H3,(H,24,28). The van der Waals surface area contributed by atoms with E-state index in [1.54, 1.807) is 7.11 Å². The molecule has 0 bridgehead atoms. The fraction of sp³-hybridized carbons (Fsp3) is 0.565. The van der Waals surface area contributed by atoms with Gasteiger partial charge in [0.1, 0.15) is 17.3 Å². The first-order valence-electron chi connectivity index (χ1n) is 10.8. The number of aromatic nitrogens is 2. The third kappa shape index (κ3) is 4.32. The van der Waals surface area contributed by atoms with Crippen molar-refractivity contribution in [3.8, 4) is 5.75 Å². The Balaban J connectivity index is 1.40. The minimum atomic E-state index is -0.0567. The van der Waals surface area contributed by atoms with Gasteiger partial charge in [0.05, 0.1) is 7.11 Å². The van der Waals surface area contributed by atoms with Gasteiger partial charge in [-0.3, -0.25) is 4.79 Å². The van der Waals surface area contributed by atoms with E-state index in [4.69, 9.17) is 4.74 Å². The SMILES string of the molecule is COc1c(C)cc(C2CCc3nc(C(=O)NCCN4CCCC4)cn3C2)cc1C. The second kappa shape index (κ2) is 8.57. The van der Waals surface area contributed by atoms with Crippen LogP contribution < -0.4 is 10.1 Å². The highest BCUT2D eigenvalue weighted by Gasteiger charge is 2.24. The maximum absolute atomic E-state index is 12.5. The fourth-order valence-corrected chi connectivity index (χ4v) is 4.79. The van der Waals surface area contributed by atoms with E-state index < -0.39 is 0 Å². The molecule has 1 fully saturated rings.